The van der Waals surface area contributed by atoms with E-state index in [2.05, 4.69) is 66.1 Å². The van der Waals surface area contributed by atoms with Crippen molar-refractivity contribution in [3.05, 3.63) is 59.2 Å². The Labute approximate surface area is 175 Å². The molecule has 2 aromatic rings. The van der Waals surface area contributed by atoms with E-state index < -0.39 is 0 Å². The van der Waals surface area contributed by atoms with Gasteiger partial charge in [0, 0.05) is 13.1 Å². The van der Waals surface area contributed by atoms with E-state index in [1.807, 2.05) is 0 Å². The Morgan fingerprint density at radius 1 is 0.966 bits per heavy atom. The highest BCUT2D eigenvalue weighted by molar-refractivity contribution is 5.78. The standard InChI is InChI=1S/C26H34N2O/c1-3-27(4-2)17-21-13-14-22(20-11-7-5-8-12-20)24-23(21)25(24)28-18-26(29-19-28)15-9-6-10-16-26/h5,7-8,11-14,25H,3-4,6,9-10,15-19H2,1-2H3. The Balaban J connectivity index is 1.45. The molecule has 1 atom stereocenters. The van der Waals surface area contributed by atoms with Crippen LogP contribution in [0.3, 0.4) is 0 Å². The first-order valence-corrected chi connectivity index (χ1v) is 11.6. The summed E-state index contributed by atoms with van der Waals surface area (Å²) in [5.74, 6) is 0. The van der Waals surface area contributed by atoms with Gasteiger partial charge in [0.1, 0.15) is 6.73 Å². The molecule has 0 amide bonds. The Kier molecular flexibility index (Phi) is 5.23. The molecule has 3 aliphatic rings. The highest BCUT2D eigenvalue weighted by atomic mass is 16.5. The van der Waals surface area contributed by atoms with Crippen molar-refractivity contribution in [2.75, 3.05) is 26.4 Å². The number of ether oxygens (including phenoxy) is 1. The van der Waals surface area contributed by atoms with E-state index in [1.54, 1.807) is 11.1 Å². The SMILES string of the molecule is CCN(CC)Cc1ccc(-c2ccccc2)c2c1C2N1COC2(CCCCC2)C1. The molecule has 1 saturated heterocycles. The average molecular weight is 391 g/mol. The summed E-state index contributed by atoms with van der Waals surface area (Å²) in [5.41, 5.74) is 7.53. The zero-order valence-electron chi connectivity index (χ0n) is 18.0. The summed E-state index contributed by atoms with van der Waals surface area (Å²) >= 11 is 0. The van der Waals surface area contributed by atoms with Crippen LogP contribution in [-0.4, -0.2) is 41.8 Å². The van der Waals surface area contributed by atoms with Gasteiger partial charge in [-0.1, -0.05) is 75.6 Å². The lowest BCUT2D eigenvalue weighted by molar-refractivity contribution is -0.0217. The molecular formula is C26H34N2O. The first kappa shape index (κ1) is 19.3. The van der Waals surface area contributed by atoms with Gasteiger partial charge in [-0.25, -0.2) is 0 Å². The van der Waals surface area contributed by atoms with Crippen molar-refractivity contribution in [3.8, 4) is 11.1 Å². The summed E-state index contributed by atoms with van der Waals surface area (Å²) in [7, 11) is 0. The van der Waals surface area contributed by atoms with Gasteiger partial charge >= 0.3 is 0 Å². The third-order valence-corrected chi connectivity index (χ3v) is 7.37. The van der Waals surface area contributed by atoms with Crippen LogP contribution < -0.4 is 0 Å². The number of benzene rings is 2. The minimum absolute atomic E-state index is 0.129. The largest absolute Gasteiger partial charge is 0.358 e. The van der Waals surface area contributed by atoms with Gasteiger partial charge in [0.05, 0.1) is 11.6 Å². The van der Waals surface area contributed by atoms with Gasteiger partial charge in [0.25, 0.3) is 0 Å². The van der Waals surface area contributed by atoms with E-state index in [-0.39, 0.29) is 5.60 Å². The van der Waals surface area contributed by atoms with E-state index in [0.29, 0.717) is 6.04 Å². The van der Waals surface area contributed by atoms with Gasteiger partial charge in [-0.3, -0.25) is 9.80 Å². The van der Waals surface area contributed by atoms with E-state index in [9.17, 15) is 0 Å². The minimum atomic E-state index is 0.129. The molecule has 0 radical (unpaired) electrons. The van der Waals surface area contributed by atoms with E-state index in [0.717, 1.165) is 32.9 Å². The van der Waals surface area contributed by atoms with E-state index in [4.69, 9.17) is 4.74 Å². The van der Waals surface area contributed by atoms with Crippen molar-refractivity contribution < 1.29 is 4.74 Å². The maximum atomic E-state index is 6.45. The monoisotopic (exact) mass is 390 g/mol. The van der Waals surface area contributed by atoms with Crippen LogP contribution in [0.2, 0.25) is 0 Å². The highest BCUT2D eigenvalue weighted by Gasteiger charge is 2.49. The summed E-state index contributed by atoms with van der Waals surface area (Å²) in [6, 6.07) is 16.1. The molecule has 3 heteroatoms. The Morgan fingerprint density at radius 3 is 2.45 bits per heavy atom. The van der Waals surface area contributed by atoms with Crippen LogP contribution in [0.15, 0.2) is 42.5 Å². The molecule has 2 aliphatic carbocycles. The second-order valence-corrected chi connectivity index (χ2v) is 9.09. The Hall–Kier alpha value is -1.68. The summed E-state index contributed by atoms with van der Waals surface area (Å²) in [4.78, 5) is 5.14. The van der Waals surface area contributed by atoms with Crippen molar-refractivity contribution in [3.63, 3.8) is 0 Å². The Morgan fingerprint density at radius 2 is 1.72 bits per heavy atom. The quantitative estimate of drug-likeness (QED) is 0.639. The molecule has 1 aliphatic heterocycles. The number of hydrogen-bond donors (Lipinski definition) is 0. The lowest BCUT2D eigenvalue weighted by atomic mass is 9.85. The first-order valence-electron chi connectivity index (χ1n) is 11.6. The molecule has 154 valence electrons. The zero-order chi connectivity index (χ0) is 19.8. The summed E-state index contributed by atoms with van der Waals surface area (Å²) in [6.07, 6.45) is 6.51. The van der Waals surface area contributed by atoms with Crippen LogP contribution >= 0.6 is 0 Å². The molecule has 3 nitrogen and oxygen atoms in total. The topological polar surface area (TPSA) is 15.7 Å². The minimum Gasteiger partial charge on any atom is -0.358 e. The first-order chi connectivity index (χ1) is 14.2. The zero-order valence-corrected chi connectivity index (χ0v) is 18.0. The lowest BCUT2D eigenvalue weighted by Crippen LogP contribution is -2.36. The average Bonchev–Trinajstić information content (AvgIpc) is 3.41. The molecular weight excluding hydrogens is 356 g/mol. The molecule has 1 spiro atoms. The normalized spacial score (nSPS) is 22.9. The van der Waals surface area contributed by atoms with Crippen LogP contribution in [0.1, 0.15) is 68.7 Å². The van der Waals surface area contributed by atoms with E-state index in [1.165, 1.54) is 48.8 Å². The smallest absolute Gasteiger partial charge is 0.101 e. The number of hydrogen-bond acceptors (Lipinski definition) is 3. The number of rotatable bonds is 6. The van der Waals surface area contributed by atoms with Crippen LogP contribution in [0.4, 0.5) is 0 Å². The number of nitrogens with zero attached hydrogens (tertiary/aromatic N) is 2. The molecule has 2 fully saturated rings. The van der Waals surface area contributed by atoms with Crippen molar-refractivity contribution >= 4 is 0 Å². The maximum absolute atomic E-state index is 6.45. The van der Waals surface area contributed by atoms with Crippen LogP contribution in [0.5, 0.6) is 0 Å². The van der Waals surface area contributed by atoms with Gasteiger partial charge in [-0.15, -0.1) is 0 Å². The van der Waals surface area contributed by atoms with Gasteiger partial charge in [0.15, 0.2) is 0 Å². The van der Waals surface area contributed by atoms with Gasteiger partial charge < -0.3 is 4.74 Å². The molecule has 1 heterocycles. The van der Waals surface area contributed by atoms with Gasteiger partial charge in [-0.05, 0) is 53.7 Å². The predicted octanol–water partition coefficient (Wildman–Crippen LogP) is 5.59. The second-order valence-electron chi connectivity index (χ2n) is 9.09. The molecule has 29 heavy (non-hydrogen) atoms. The fourth-order valence-corrected chi connectivity index (χ4v) is 5.62. The third-order valence-electron chi connectivity index (χ3n) is 7.37. The van der Waals surface area contributed by atoms with Gasteiger partial charge in [0.2, 0.25) is 0 Å². The molecule has 1 saturated carbocycles. The van der Waals surface area contributed by atoms with Crippen LogP contribution in [0.25, 0.3) is 11.1 Å². The predicted molar refractivity (Wildman–Crippen MR) is 119 cm³/mol. The molecule has 0 bridgehead atoms. The lowest BCUT2D eigenvalue weighted by Gasteiger charge is -2.32. The highest BCUT2D eigenvalue weighted by Crippen LogP contribution is 2.55. The van der Waals surface area contributed by atoms with Crippen molar-refractivity contribution in [1.29, 1.82) is 0 Å². The molecule has 0 aromatic heterocycles. The summed E-state index contributed by atoms with van der Waals surface area (Å²) in [5, 5.41) is 0. The second kappa shape index (κ2) is 7.86. The van der Waals surface area contributed by atoms with Crippen molar-refractivity contribution in [2.24, 2.45) is 0 Å². The fourth-order valence-electron chi connectivity index (χ4n) is 5.62. The Bertz CT molecular complexity index is 853. The molecule has 5 rings (SSSR count). The third kappa shape index (κ3) is 3.54. The molecule has 2 aromatic carbocycles. The fraction of sp³-hybridized carbons (Fsp3) is 0.538. The van der Waals surface area contributed by atoms with Crippen molar-refractivity contribution in [1.82, 2.24) is 9.80 Å². The van der Waals surface area contributed by atoms with E-state index >= 15 is 0 Å². The van der Waals surface area contributed by atoms with Crippen molar-refractivity contribution in [2.45, 2.75) is 64.1 Å². The van der Waals surface area contributed by atoms with Crippen LogP contribution in [-0.2, 0) is 11.3 Å². The maximum Gasteiger partial charge on any atom is 0.101 e. The summed E-state index contributed by atoms with van der Waals surface area (Å²) < 4.78 is 6.45. The molecule has 0 N–H and O–H groups in total. The molecule has 1 unspecified atom stereocenters. The number of fused-ring (bicyclic) bond motifs is 1. The summed E-state index contributed by atoms with van der Waals surface area (Å²) in [6.45, 7) is 9.68. The van der Waals surface area contributed by atoms with Crippen LogP contribution in [0, 0.1) is 0 Å². The van der Waals surface area contributed by atoms with Gasteiger partial charge in [-0.2, -0.15) is 0 Å².